The van der Waals surface area contributed by atoms with Crippen LogP contribution in [-0.2, 0) is 0 Å². The number of amides is 2. The predicted molar refractivity (Wildman–Crippen MR) is 145 cm³/mol. The number of nitrogens with one attached hydrogen (secondary N) is 1. The van der Waals surface area contributed by atoms with Gasteiger partial charge in [-0.3, -0.25) is 9.69 Å². The fraction of sp³-hybridized carbons (Fsp3) is 0.586. The van der Waals surface area contributed by atoms with E-state index >= 15 is 0 Å². The molecule has 6 atom stereocenters. The van der Waals surface area contributed by atoms with Crippen molar-refractivity contribution in [1.82, 2.24) is 19.8 Å². The summed E-state index contributed by atoms with van der Waals surface area (Å²) in [5.74, 6) is 1.86. The molecule has 7 rings (SSSR count). The summed E-state index contributed by atoms with van der Waals surface area (Å²) in [6, 6.07) is 9.11. The monoisotopic (exact) mass is 500 g/mol. The molecule has 8 nitrogen and oxygen atoms in total. The number of para-hydroxylation sites is 2. The minimum absolute atomic E-state index is 0.0473. The minimum atomic E-state index is -0.507. The van der Waals surface area contributed by atoms with Gasteiger partial charge < -0.3 is 9.88 Å². The van der Waals surface area contributed by atoms with Crippen molar-refractivity contribution in [3.05, 3.63) is 46.9 Å². The van der Waals surface area contributed by atoms with E-state index in [0.717, 1.165) is 35.2 Å². The fourth-order valence-electron chi connectivity index (χ4n) is 8.30. The second kappa shape index (κ2) is 9.08. The first kappa shape index (κ1) is 23.1. The number of allylic oxidation sites excluding steroid dienone is 1. The van der Waals surface area contributed by atoms with Gasteiger partial charge in [-0.25, -0.2) is 9.78 Å². The van der Waals surface area contributed by atoms with Crippen LogP contribution in [0.15, 0.2) is 46.4 Å². The lowest BCUT2D eigenvalue weighted by atomic mass is 9.76. The van der Waals surface area contributed by atoms with E-state index in [2.05, 4.69) is 26.9 Å². The van der Waals surface area contributed by atoms with Crippen molar-refractivity contribution in [3.63, 3.8) is 0 Å². The zero-order valence-electron chi connectivity index (χ0n) is 21.4. The molecule has 0 spiro atoms. The van der Waals surface area contributed by atoms with Gasteiger partial charge in [-0.1, -0.05) is 44.4 Å². The van der Waals surface area contributed by atoms with Gasteiger partial charge in [0.15, 0.2) is 0 Å². The Kier molecular flexibility index (Phi) is 5.68. The maximum absolute atomic E-state index is 14.0. The molecule has 194 valence electrons. The molecular weight excluding hydrogens is 464 g/mol. The molecule has 2 saturated carbocycles. The van der Waals surface area contributed by atoms with Crippen LogP contribution in [0.3, 0.4) is 0 Å². The van der Waals surface area contributed by atoms with E-state index in [-0.39, 0.29) is 17.4 Å². The van der Waals surface area contributed by atoms with Crippen molar-refractivity contribution < 1.29 is 4.79 Å². The summed E-state index contributed by atoms with van der Waals surface area (Å²) in [5.41, 5.74) is 1.69. The molecule has 37 heavy (non-hydrogen) atoms. The summed E-state index contributed by atoms with van der Waals surface area (Å²) in [5, 5.41) is 7.89. The average molecular weight is 501 g/mol. The molecule has 3 aliphatic heterocycles. The zero-order chi connectivity index (χ0) is 25.1. The summed E-state index contributed by atoms with van der Waals surface area (Å²) in [6.07, 6.45) is 15.7. The van der Waals surface area contributed by atoms with Crippen molar-refractivity contribution in [2.45, 2.75) is 94.8 Å². The summed E-state index contributed by atoms with van der Waals surface area (Å²) >= 11 is 0. The van der Waals surface area contributed by atoms with E-state index in [9.17, 15) is 9.59 Å². The summed E-state index contributed by atoms with van der Waals surface area (Å²) < 4.78 is 1.92. The highest BCUT2D eigenvalue weighted by atomic mass is 16.2. The van der Waals surface area contributed by atoms with Crippen LogP contribution in [0, 0.1) is 11.8 Å². The van der Waals surface area contributed by atoms with Crippen molar-refractivity contribution in [2.75, 3.05) is 5.01 Å². The Balaban J connectivity index is 1.22. The highest BCUT2D eigenvalue weighted by Gasteiger charge is 2.47. The molecule has 4 fully saturated rings. The smallest absolute Gasteiger partial charge is 0.305 e. The number of urea groups is 1. The maximum Gasteiger partial charge on any atom is 0.348 e. The molecule has 2 aliphatic carbocycles. The number of anilines is 1. The van der Waals surface area contributed by atoms with Crippen LogP contribution in [0.4, 0.5) is 10.6 Å². The zero-order valence-corrected chi connectivity index (χ0v) is 21.4. The Bertz CT molecular complexity index is 1310. The Morgan fingerprint density at radius 3 is 2.24 bits per heavy atom. The van der Waals surface area contributed by atoms with E-state index < -0.39 is 6.03 Å². The van der Waals surface area contributed by atoms with Gasteiger partial charge in [-0.2, -0.15) is 10.1 Å². The fourth-order valence-corrected chi connectivity index (χ4v) is 8.30. The van der Waals surface area contributed by atoms with E-state index in [1.807, 2.05) is 28.8 Å². The first-order chi connectivity index (χ1) is 18.0. The van der Waals surface area contributed by atoms with Crippen molar-refractivity contribution in [2.24, 2.45) is 16.9 Å². The van der Waals surface area contributed by atoms with Crippen LogP contribution in [0.25, 0.3) is 11.0 Å². The largest absolute Gasteiger partial charge is 0.348 e. The second-order valence-corrected chi connectivity index (χ2v) is 11.9. The number of rotatable bonds is 3. The number of aromatic nitrogens is 2. The molecule has 2 aromatic rings. The summed E-state index contributed by atoms with van der Waals surface area (Å²) in [4.78, 5) is 34.1. The number of hydrogen-bond donors (Lipinski definition) is 1. The third kappa shape index (κ3) is 4.00. The number of carbonyl (C=O) groups is 1. The van der Waals surface area contributed by atoms with Gasteiger partial charge in [0.1, 0.15) is 0 Å². The summed E-state index contributed by atoms with van der Waals surface area (Å²) in [7, 11) is 0. The summed E-state index contributed by atoms with van der Waals surface area (Å²) in [6.45, 7) is 3.73. The number of hydrogen-bond acceptors (Lipinski definition) is 5. The first-order valence-electron chi connectivity index (χ1n) is 14.2. The molecule has 1 aromatic carbocycles. The molecule has 4 heterocycles. The van der Waals surface area contributed by atoms with E-state index in [4.69, 9.17) is 0 Å². The van der Waals surface area contributed by atoms with Crippen LogP contribution in [0.5, 0.6) is 0 Å². The molecule has 1 aromatic heterocycles. The SMILES string of the molecule is C=C1C=NN(c2nc3ccccc3n([C@H]3C[C@H]4CC[C@@H](C3)N4[C@@H]3C[C@@H]4CCCC[C@@H](C4)C3)c2=O)C(=O)N1. The van der Waals surface area contributed by atoms with Crippen molar-refractivity contribution >= 4 is 29.1 Å². The Hall–Kier alpha value is -3.00. The standard InChI is InChI=1S/C29H36N6O2/c1-18-17-30-35(29(37)31-18)27-28(36)34(26-9-5-4-8-25(26)32-27)24-15-21-10-11-22(16-24)33(21)23-13-19-6-2-3-7-20(12-19)14-23/h4-5,8-9,17,19-24H,1-3,6-7,10-16H2,(H,31,37)/t19-,20+,21-,22+,23-,24+. The maximum atomic E-state index is 14.0. The second-order valence-electron chi connectivity index (χ2n) is 11.9. The van der Waals surface area contributed by atoms with Crippen molar-refractivity contribution in [1.29, 1.82) is 0 Å². The Morgan fingerprint density at radius 2 is 1.54 bits per heavy atom. The molecule has 0 unspecified atom stereocenters. The molecule has 8 heteroatoms. The van der Waals surface area contributed by atoms with Gasteiger partial charge in [0.25, 0.3) is 5.56 Å². The molecule has 2 amide bonds. The van der Waals surface area contributed by atoms with E-state index in [0.29, 0.717) is 29.3 Å². The van der Waals surface area contributed by atoms with Crippen LogP contribution < -0.4 is 15.9 Å². The predicted octanol–water partition coefficient (Wildman–Crippen LogP) is 4.95. The average Bonchev–Trinajstić information content (AvgIpc) is 3.04. The lowest BCUT2D eigenvalue weighted by Gasteiger charge is -2.48. The van der Waals surface area contributed by atoms with Gasteiger partial charge in [-0.05, 0) is 68.9 Å². The van der Waals surface area contributed by atoms with Gasteiger partial charge >= 0.3 is 6.03 Å². The molecule has 1 N–H and O–H groups in total. The molecule has 5 aliphatic rings. The van der Waals surface area contributed by atoms with E-state index in [1.54, 1.807) is 0 Å². The Labute approximate surface area is 217 Å². The van der Waals surface area contributed by atoms with Crippen LogP contribution in [0.1, 0.15) is 76.7 Å². The number of carbonyl (C=O) groups excluding carboxylic acids is 1. The normalized spacial score (nSPS) is 34.0. The van der Waals surface area contributed by atoms with Gasteiger partial charge in [0, 0.05) is 24.2 Å². The topological polar surface area (TPSA) is 82.8 Å². The Morgan fingerprint density at radius 1 is 0.838 bits per heavy atom. The number of fused-ring (bicyclic) bond motifs is 5. The van der Waals surface area contributed by atoms with Crippen LogP contribution in [0.2, 0.25) is 0 Å². The van der Waals surface area contributed by atoms with Gasteiger partial charge in [0.2, 0.25) is 5.82 Å². The molecule has 2 saturated heterocycles. The number of piperidine rings is 1. The highest BCUT2D eigenvalue weighted by Crippen LogP contribution is 2.48. The third-order valence-corrected chi connectivity index (χ3v) is 9.67. The molecular formula is C29H36N6O2. The third-order valence-electron chi connectivity index (χ3n) is 9.67. The van der Waals surface area contributed by atoms with E-state index in [1.165, 1.54) is 64.0 Å². The van der Waals surface area contributed by atoms with Gasteiger partial charge in [0.05, 0.1) is 22.9 Å². The minimum Gasteiger partial charge on any atom is -0.305 e. The number of hydrazone groups is 1. The first-order valence-corrected chi connectivity index (χ1v) is 14.2. The number of benzene rings is 1. The number of nitrogens with zero attached hydrogens (tertiary/aromatic N) is 5. The highest BCUT2D eigenvalue weighted by molar-refractivity contribution is 6.00. The lowest BCUT2D eigenvalue weighted by Crippen LogP contribution is -2.52. The van der Waals surface area contributed by atoms with Gasteiger partial charge in [-0.15, -0.1) is 0 Å². The van der Waals surface area contributed by atoms with Crippen LogP contribution in [-0.4, -0.2) is 44.8 Å². The van der Waals surface area contributed by atoms with Crippen molar-refractivity contribution in [3.8, 4) is 0 Å². The molecule has 0 radical (unpaired) electrons. The molecule has 4 bridgehead atoms. The van der Waals surface area contributed by atoms with Crippen LogP contribution >= 0.6 is 0 Å². The quantitative estimate of drug-likeness (QED) is 0.646. The lowest BCUT2D eigenvalue weighted by molar-refractivity contribution is 0.0204.